The molecular formula is C14H15N3O2S. The highest BCUT2D eigenvalue weighted by atomic mass is 32.1. The number of rotatable bonds is 3. The molecule has 0 atom stereocenters. The van der Waals surface area contributed by atoms with E-state index >= 15 is 0 Å². The van der Waals surface area contributed by atoms with Gasteiger partial charge in [0.15, 0.2) is 0 Å². The number of carbonyl (C=O) groups is 1. The average Bonchev–Trinajstić information content (AvgIpc) is 3.04. The van der Waals surface area contributed by atoms with E-state index in [9.17, 15) is 4.79 Å². The summed E-state index contributed by atoms with van der Waals surface area (Å²) in [7, 11) is 1.73. The van der Waals surface area contributed by atoms with E-state index in [-0.39, 0.29) is 11.7 Å². The Bertz CT molecular complexity index is 663. The second-order valence-corrected chi connectivity index (χ2v) is 5.23. The van der Waals surface area contributed by atoms with Crippen molar-refractivity contribution in [3.63, 3.8) is 0 Å². The number of carbonyl (C=O) groups excluding carboxylic acids is 1. The number of nitrogens with two attached hydrogens (primary N) is 1. The smallest absolute Gasteiger partial charge is 0.292 e. The maximum Gasteiger partial charge on any atom is 0.292 e. The summed E-state index contributed by atoms with van der Waals surface area (Å²) in [4.78, 5) is 14.6. The van der Waals surface area contributed by atoms with Gasteiger partial charge in [-0.15, -0.1) is 11.3 Å². The molecule has 2 rings (SSSR count). The van der Waals surface area contributed by atoms with Gasteiger partial charge in [-0.3, -0.25) is 4.79 Å². The third-order valence-corrected chi connectivity index (χ3v) is 3.47. The van der Waals surface area contributed by atoms with Crippen molar-refractivity contribution in [2.45, 2.75) is 13.5 Å². The molecule has 0 aliphatic carbocycles. The second-order valence-electron chi connectivity index (χ2n) is 4.32. The third-order valence-electron chi connectivity index (χ3n) is 2.57. The van der Waals surface area contributed by atoms with E-state index < -0.39 is 0 Å². The summed E-state index contributed by atoms with van der Waals surface area (Å²) < 4.78 is 4.97. The van der Waals surface area contributed by atoms with Crippen LogP contribution in [0.1, 0.15) is 26.7 Å². The number of nitrogens with zero attached hydrogens (tertiary/aromatic N) is 2. The van der Waals surface area contributed by atoms with Crippen molar-refractivity contribution in [3.05, 3.63) is 39.4 Å². The molecule has 0 aromatic carbocycles. The minimum Gasteiger partial charge on any atom is -0.351 e. The molecule has 0 saturated carbocycles. The predicted molar refractivity (Wildman–Crippen MR) is 77.3 cm³/mol. The number of amides is 1. The maximum atomic E-state index is 12.1. The van der Waals surface area contributed by atoms with Gasteiger partial charge < -0.3 is 15.2 Å². The molecule has 2 aromatic heterocycles. The Kier molecular flexibility index (Phi) is 4.56. The summed E-state index contributed by atoms with van der Waals surface area (Å²) in [6.07, 6.45) is 0. The first kappa shape index (κ1) is 14.3. The molecule has 0 radical (unpaired) electrons. The van der Waals surface area contributed by atoms with E-state index in [1.54, 1.807) is 36.3 Å². The number of aryl methyl sites for hydroxylation is 1. The van der Waals surface area contributed by atoms with E-state index in [0.29, 0.717) is 18.8 Å². The van der Waals surface area contributed by atoms with Crippen LogP contribution in [0, 0.1) is 18.8 Å². The van der Waals surface area contributed by atoms with Gasteiger partial charge in [0.1, 0.15) is 0 Å². The van der Waals surface area contributed by atoms with Crippen LogP contribution in [-0.2, 0) is 6.54 Å². The Hall–Kier alpha value is -2.10. The molecule has 104 valence electrons. The lowest BCUT2D eigenvalue weighted by Gasteiger charge is -2.13. The molecule has 1 amide bonds. The number of thiophene rings is 1. The fourth-order valence-corrected chi connectivity index (χ4v) is 2.43. The summed E-state index contributed by atoms with van der Waals surface area (Å²) in [5.74, 6) is 5.85. The number of aromatic nitrogens is 1. The van der Waals surface area contributed by atoms with Crippen molar-refractivity contribution in [1.82, 2.24) is 10.1 Å². The Balaban J connectivity index is 2.02. The third kappa shape index (κ3) is 3.47. The lowest BCUT2D eigenvalue weighted by molar-refractivity contribution is 0.0743. The van der Waals surface area contributed by atoms with Crippen molar-refractivity contribution in [2.75, 3.05) is 13.6 Å². The highest BCUT2D eigenvalue weighted by Gasteiger charge is 2.17. The quantitative estimate of drug-likeness (QED) is 0.872. The van der Waals surface area contributed by atoms with Gasteiger partial charge in [0.2, 0.25) is 5.76 Å². The molecule has 0 unspecified atom stereocenters. The van der Waals surface area contributed by atoms with Crippen molar-refractivity contribution in [3.8, 4) is 11.8 Å². The van der Waals surface area contributed by atoms with Crippen molar-refractivity contribution in [1.29, 1.82) is 0 Å². The molecule has 0 spiro atoms. The summed E-state index contributed by atoms with van der Waals surface area (Å²) >= 11 is 1.54. The van der Waals surface area contributed by atoms with Crippen LogP contribution in [0.3, 0.4) is 0 Å². The second kappa shape index (κ2) is 6.37. The normalized spacial score (nSPS) is 9.95. The van der Waals surface area contributed by atoms with Crippen molar-refractivity contribution in [2.24, 2.45) is 5.73 Å². The molecule has 2 N–H and O–H groups in total. The van der Waals surface area contributed by atoms with Gasteiger partial charge in [0, 0.05) is 19.7 Å². The molecule has 0 aliphatic heterocycles. The Morgan fingerprint density at radius 3 is 3.00 bits per heavy atom. The fourth-order valence-electron chi connectivity index (χ4n) is 1.66. The van der Waals surface area contributed by atoms with Gasteiger partial charge in [-0.25, -0.2) is 0 Å². The number of hydrogen-bond donors (Lipinski definition) is 1. The summed E-state index contributed by atoms with van der Waals surface area (Å²) in [6, 6.07) is 3.59. The van der Waals surface area contributed by atoms with E-state index in [1.807, 2.05) is 11.4 Å². The van der Waals surface area contributed by atoms with Crippen LogP contribution in [0.5, 0.6) is 0 Å². The molecule has 6 heteroatoms. The molecule has 0 saturated heterocycles. The SMILES string of the molecule is Cc1cc(C(=O)N(C)Cc2csc(C#CCN)c2)on1. The van der Waals surface area contributed by atoms with Crippen LogP contribution in [-0.4, -0.2) is 29.6 Å². The summed E-state index contributed by atoms with van der Waals surface area (Å²) in [5.41, 5.74) is 7.05. The summed E-state index contributed by atoms with van der Waals surface area (Å²) in [6.45, 7) is 2.62. The fraction of sp³-hybridized carbons (Fsp3) is 0.286. The van der Waals surface area contributed by atoms with Gasteiger partial charge in [-0.05, 0) is 23.9 Å². The van der Waals surface area contributed by atoms with Crippen LogP contribution in [0.25, 0.3) is 0 Å². The van der Waals surface area contributed by atoms with E-state index in [1.165, 1.54) is 0 Å². The topological polar surface area (TPSA) is 72.4 Å². The highest BCUT2D eigenvalue weighted by molar-refractivity contribution is 7.10. The Morgan fingerprint density at radius 2 is 2.35 bits per heavy atom. The Labute approximate surface area is 121 Å². The van der Waals surface area contributed by atoms with Gasteiger partial charge in [-0.2, -0.15) is 0 Å². The molecule has 20 heavy (non-hydrogen) atoms. The van der Waals surface area contributed by atoms with Crippen molar-refractivity contribution < 1.29 is 9.32 Å². The van der Waals surface area contributed by atoms with E-state index in [0.717, 1.165) is 10.4 Å². The molecular weight excluding hydrogens is 274 g/mol. The monoisotopic (exact) mass is 289 g/mol. The molecule has 2 aromatic rings. The maximum absolute atomic E-state index is 12.1. The summed E-state index contributed by atoms with van der Waals surface area (Å²) in [5, 5.41) is 5.70. The largest absolute Gasteiger partial charge is 0.351 e. The number of hydrogen-bond acceptors (Lipinski definition) is 5. The zero-order chi connectivity index (χ0) is 14.5. The zero-order valence-corrected chi connectivity index (χ0v) is 12.2. The van der Waals surface area contributed by atoms with Gasteiger partial charge >= 0.3 is 0 Å². The molecule has 0 aliphatic rings. The zero-order valence-electron chi connectivity index (χ0n) is 11.3. The minimum atomic E-state index is -0.189. The van der Waals surface area contributed by atoms with Crippen LogP contribution >= 0.6 is 11.3 Å². The standard InChI is InChI=1S/C14H15N3O2S/c1-10-6-13(19-16-10)14(18)17(2)8-11-7-12(20-9-11)4-3-5-15/h6-7,9H,5,8,15H2,1-2H3. The molecule has 5 nitrogen and oxygen atoms in total. The lowest BCUT2D eigenvalue weighted by atomic mass is 10.2. The predicted octanol–water partition coefficient (Wildman–Crippen LogP) is 1.63. The Morgan fingerprint density at radius 1 is 1.55 bits per heavy atom. The molecule has 2 heterocycles. The lowest BCUT2D eigenvalue weighted by Crippen LogP contribution is -2.25. The van der Waals surface area contributed by atoms with E-state index in [2.05, 4.69) is 17.0 Å². The van der Waals surface area contributed by atoms with Gasteiger partial charge in [-0.1, -0.05) is 17.0 Å². The van der Waals surface area contributed by atoms with Gasteiger partial charge in [0.25, 0.3) is 5.91 Å². The highest BCUT2D eigenvalue weighted by Crippen LogP contribution is 2.16. The van der Waals surface area contributed by atoms with Crippen molar-refractivity contribution >= 4 is 17.2 Å². The first-order valence-corrected chi connectivity index (χ1v) is 6.93. The minimum absolute atomic E-state index is 0.189. The van der Waals surface area contributed by atoms with Crippen LogP contribution in [0.15, 0.2) is 22.0 Å². The first-order chi connectivity index (χ1) is 9.60. The van der Waals surface area contributed by atoms with Crippen LogP contribution in [0.4, 0.5) is 0 Å². The van der Waals surface area contributed by atoms with Crippen LogP contribution in [0.2, 0.25) is 0 Å². The van der Waals surface area contributed by atoms with E-state index in [4.69, 9.17) is 10.3 Å². The first-order valence-electron chi connectivity index (χ1n) is 6.05. The van der Waals surface area contributed by atoms with Gasteiger partial charge in [0.05, 0.1) is 17.1 Å². The average molecular weight is 289 g/mol. The molecule has 0 bridgehead atoms. The van der Waals surface area contributed by atoms with Crippen LogP contribution < -0.4 is 5.73 Å². The molecule has 0 fully saturated rings.